The van der Waals surface area contributed by atoms with Gasteiger partial charge >= 0.3 is 11.9 Å². The Labute approximate surface area is 176 Å². The summed E-state index contributed by atoms with van der Waals surface area (Å²) in [5.41, 5.74) is 0.596. The first-order chi connectivity index (χ1) is 14.4. The molecule has 2 saturated heterocycles. The molecule has 3 aliphatic rings. The number of Topliss-reactive ketones (excluding diaryl/α,β-unsaturated/α-hetero) is 1. The monoisotopic (exact) mass is 410 g/mol. The quantitative estimate of drug-likeness (QED) is 0.542. The molecule has 0 aromatic heterocycles. The fourth-order valence-electron chi connectivity index (χ4n) is 4.25. The number of benzene rings is 1. The molecule has 8 nitrogen and oxygen atoms in total. The number of hydrogen-bond acceptors (Lipinski definition) is 5. The van der Waals surface area contributed by atoms with E-state index in [4.69, 9.17) is 4.99 Å². The molecule has 1 aromatic carbocycles. The van der Waals surface area contributed by atoms with Gasteiger partial charge in [0, 0.05) is 19.7 Å². The maximum absolute atomic E-state index is 13.0. The zero-order valence-corrected chi connectivity index (χ0v) is 17.7. The summed E-state index contributed by atoms with van der Waals surface area (Å²) in [7, 11) is 3.10. The summed E-state index contributed by atoms with van der Waals surface area (Å²) in [4.78, 5) is 47.9. The molecule has 3 heterocycles. The van der Waals surface area contributed by atoms with E-state index in [2.05, 4.69) is 11.8 Å². The number of fused-ring (bicyclic) bond motifs is 1. The van der Waals surface area contributed by atoms with Crippen molar-refractivity contribution in [3.63, 3.8) is 0 Å². The van der Waals surface area contributed by atoms with Gasteiger partial charge < -0.3 is 0 Å². The van der Waals surface area contributed by atoms with Gasteiger partial charge in [0.25, 0.3) is 17.8 Å². The molecule has 30 heavy (non-hydrogen) atoms. The average molecular weight is 410 g/mol. The Morgan fingerprint density at radius 1 is 1.10 bits per heavy atom. The topological polar surface area (TPSA) is 76.3 Å². The highest BCUT2D eigenvalue weighted by Crippen LogP contribution is 2.21. The van der Waals surface area contributed by atoms with Gasteiger partial charge in [-0.15, -0.1) is 0 Å². The standard InChI is InChI=1S/C22H28N5O3/c1-15-9-11-26(12-10-15)14-18-23-20-19(21(29)25(3)22(30)24(20)2)27(18)13-17(28)16-7-5-4-6-8-16/h4-8,15,19H,9-14H2,1-3H3/q+1. The number of amides is 3. The molecule has 3 amide bonds. The summed E-state index contributed by atoms with van der Waals surface area (Å²) in [6.07, 6.45) is 2.24. The van der Waals surface area contributed by atoms with Gasteiger partial charge in [0.1, 0.15) is 13.1 Å². The first-order valence-electron chi connectivity index (χ1n) is 10.4. The lowest BCUT2D eigenvalue weighted by atomic mass is 9.99. The Morgan fingerprint density at radius 2 is 1.77 bits per heavy atom. The van der Waals surface area contributed by atoms with Crippen LogP contribution in [0.1, 0.15) is 30.1 Å². The summed E-state index contributed by atoms with van der Waals surface area (Å²) in [5.74, 6) is 1.37. The molecule has 1 aromatic rings. The van der Waals surface area contributed by atoms with Gasteiger partial charge in [0.2, 0.25) is 5.78 Å². The molecule has 158 valence electrons. The number of amidine groups is 2. The van der Waals surface area contributed by atoms with Crippen LogP contribution in [-0.2, 0) is 4.79 Å². The largest absolute Gasteiger partial charge is 0.333 e. The second-order valence-corrected chi connectivity index (χ2v) is 8.40. The molecular formula is C22H28N5O3+. The van der Waals surface area contributed by atoms with Crippen LogP contribution < -0.4 is 0 Å². The third kappa shape index (κ3) is 3.67. The van der Waals surface area contributed by atoms with Crippen LogP contribution in [0.4, 0.5) is 4.79 Å². The van der Waals surface area contributed by atoms with Gasteiger partial charge in [-0.3, -0.25) is 24.3 Å². The molecule has 0 bridgehead atoms. The van der Waals surface area contributed by atoms with Gasteiger partial charge in [0.05, 0.1) is 0 Å². The molecule has 3 aliphatic heterocycles. The minimum atomic E-state index is -0.746. The zero-order chi connectivity index (χ0) is 21.4. The first-order valence-corrected chi connectivity index (χ1v) is 10.4. The second-order valence-electron chi connectivity index (χ2n) is 8.40. The summed E-state index contributed by atoms with van der Waals surface area (Å²) in [5, 5.41) is 0. The number of ketones is 1. The van der Waals surface area contributed by atoms with E-state index in [1.165, 1.54) is 11.9 Å². The molecule has 2 fully saturated rings. The Hall–Kier alpha value is -2.87. The number of rotatable bonds is 5. The van der Waals surface area contributed by atoms with Gasteiger partial charge in [-0.2, -0.15) is 0 Å². The lowest BCUT2D eigenvalue weighted by Gasteiger charge is -2.30. The van der Waals surface area contributed by atoms with Crippen molar-refractivity contribution < 1.29 is 19.0 Å². The summed E-state index contributed by atoms with van der Waals surface area (Å²) >= 11 is 0. The second kappa shape index (κ2) is 8.10. The molecule has 4 rings (SSSR count). The maximum atomic E-state index is 13.0. The Kier molecular flexibility index (Phi) is 5.51. The number of piperidine rings is 1. The van der Waals surface area contributed by atoms with Crippen molar-refractivity contribution in [1.82, 2.24) is 14.7 Å². The zero-order valence-electron chi connectivity index (χ0n) is 17.7. The molecular weight excluding hydrogens is 382 g/mol. The van der Waals surface area contributed by atoms with Crippen LogP contribution in [0.25, 0.3) is 0 Å². The van der Waals surface area contributed by atoms with Crippen molar-refractivity contribution in [3.05, 3.63) is 35.9 Å². The number of carbonyl (C=O) groups is 3. The predicted molar refractivity (Wildman–Crippen MR) is 113 cm³/mol. The first kappa shape index (κ1) is 20.4. The Bertz CT molecular complexity index is 931. The number of nitrogens with zero attached hydrogens (tertiary/aromatic N) is 5. The molecule has 0 N–H and O–H groups in total. The van der Waals surface area contributed by atoms with Gasteiger partial charge in [0.15, 0.2) is 0 Å². The number of carbonyl (C=O) groups excluding carboxylic acids is 3. The van der Waals surface area contributed by atoms with Crippen LogP contribution >= 0.6 is 0 Å². The number of imide groups is 1. The van der Waals surface area contributed by atoms with E-state index < -0.39 is 12.1 Å². The van der Waals surface area contributed by atoms with Gasteiger partial charge in [-0.25, -0.2) is 9.37 Å². The molecule has 8 heteroatoms. The van der Waals surface area contributed by atoms with E-state index in [1.54, 1.807) is 23.8 Å². The van der Waals surface area contributed by atoms with Crippen molar-refractivity contribution in [2.75, 3.05) is 40.3 Å². The van der Waals surface area contributed by atoms with Crippen LogP contribution in [-0.4, -0.2) is 95.0 Å². The highest BCUT2D eigenvalue weighted by molar-refractivity contribution is 6.23. The van der Waals surface area contributed by atoms with E-state index in [0.717, 1.165) is 30.8 Å². The minimum absolute atomic E-state index is 0.0445. The minimum Gasteiger partial charge on any atom is -0.292 e. The third-order valence-corrected chi connectivity index (χ3v) is 6.26. The summed E-state index contributed by atoms with van der Waals surface area (Å²) in [6, 6.07) is 7.91. The summed E-state index contributed by atoms with van der Waals surface area (Å²) in [6.45, 7) is 4.79. The third-order valence-electron chi connectivity index (χ3n) is 6.26. The summed E-state index contributed by atoms with van der Waals surface area (Å²) < 4.78 is 1.78. The lowest BCUT2D eigenvalue weighted by molar-refractivity contribution is -0.523. The molecule has 0 radical (unpaired) electrons. The van der Waals surface area contributed by atoms with Crippen molar-refractivity contribution >= 4 is 29.4 Å². The predicted octanol–water partition coefficient (Wildman–Crippen LogP) is 1.32. The van der Waals surface area contributed by atoms with E-state index >= 15 is 0 Å². The number of likely N-dealkylation sites (tertiary alicyclic amines) is 1. The number of aliphatic imine (C=N–C) groups is 1. The van der Waals surface area contributed by atoms with Crippen LogP contribution in [0.15, 0.2) is 35.3 Å². The van der Waals surface area contributed by atoms with Gasteiger partial charge in [-0.05, 0) is 36.8 Å². The SMILES string of the molecule is CC1CCN(CC2=[N+](CC(=O)c3ccccc3)C3C(=O)N(C)C(=O)N(C)C3=N2)CC1. The maximum Gasteiger partial charge on any atom is 0.333 e. The van der Waals surface area contributed by atoms with E-state index in [9.17, 15) is 14.4 Å². The average Bonchev–Trinajstić information content (AvgIpc) is 3.11. The van der Waals surface area contributed by atoms with Gasteiger partial charge in [-0.1, -0.05) is 37.3 Å². The fourth-order valence-corrected chi connectivity index (χ4v) is 4.25. The highest BCUT2D eigenvalue weighted by atomic mass is 16.2. The number of likely N-dealkylation sites (N-methyl/N-ethyl adjacent to an activating group) is 2. The van der Waals surface area contributed by atoms with Crippen molar-refractivity contribution in [2.24, 2.45) is 10.9 Å². The molecule has 0 saturated carbocycles. The smallest absolute Gasteiger partial charge is 0.292 e. The van der Waals surface area contributed by atoms with Crippen molar-refractivity contribution in [1.29, 1.82) is 0 Å². The van der Waals surface area contributed by atoms with Crippen molar-refractivity contribution in [2.45, 2.75) is 25.8 Å². The van der Waals surface area contributed by atoms with Crippen molar-refractivity contribution in [3.8, 4) is 0 Å². The number of hydrogen-bond donors (Lipinski definition) is 0. The Balaban J connectivity index is 1.66. The molecule has 0 spiro atoms. The molecule has 1 atom stereocenters. The Morgan fingerprint density at radius 3 is 2.43 bits per heavy atom. The lowest BCUT2D eigenvalue weighted by Crippen LogP contribution is -2.62. The van der Waals surface area contributed by atoms with Crippen LogP contribution in [0.3, 0.4) is 0 Å². The van der Waals surface area contributed by atoms with Crippen LogP contribution in [0.2, 0.25) is 0 Å². The number of urea groups is 1. The van der Waals surface area contributed by atoms with E-state index in [-0.39, 0.29) is 18.2 Å². The molecule has 0 aliphatic carbocycles. The van der Waals surface area contributed by atoms with E-state index in [0.29, 0.717) is 29.7 Å². The highest BCUT2D eigenvalue weighted by Gasteiger charge is 2.53. The van der Waals surface area contributed by atoms with E-state index in [1.807, 2.05) is 18.2 Å². The van der Waals surface area contributed by atoms with Crippen LogP contribution in [0.5, 0.6) is 0 Å². The normalized spacial score (nSPS) is 23.2. The van der Waals surface area contributed by atoms with Crippen LogP contribution in [0, 0.1) is 5.92 Å². The molecule has 1 unspecified atom stereocenters. The fraction of sp³-hybridized carbons (Fsp3) is 0.500.